The molecule has 6 nitrogen and oxygen atoms in total. The average Bonchev–Trinajstić information content (AvgIpc) is 3.75. The van der Waals surface area contributed by atoms with Crippen molar-refractivity contribution >= 4 is 39.3 Å². The zero-order chi connectivity index (χ0) is 39.3. The summed E-state index contributed by atoms with van der Waals surface area (Å²) >= 11 is 0. The molecule has 0 fully saturated rings. The summed E-state index contributed by atoms with van der Waals surface area (Å²) in [6.07, 6.45) is 0. The minimum absolute atomic E-state index is 0.328. The zero-order valence-corrected chi connectivity index (χ0v) is 30.9. The molecule has 0 radical (unpaired) electrons. The van der Waals surface area contributed by atoms with Crippen LogP contribution in [-0.4, -0.2) is 16.4 Å². The van der Waals surface area contributed by atoms with Crippen LogP contribution in [0.25, 0.3) is 72.0 Å². The minimum atomic E-state index is -0.398. The Kier molecular flexibility index (Phi) is 8.11. The van der Waals surface area contributed by atoms with E-state index in [9.17, 15) is 20.1 Å². The van der Waals surface area contributed by atoms with Gasteiger partial charge in [0.25, 0.3) is 11.8 Å². The lowest BCUT2D eigenvalue weighted by Crippen LogP contribution is -2.29. The summed E-state index contributed by atoms with van der Waals surface area (Å²) in [4.78, 5) is 30.7. The molecule has 0 atom stereocenters. The predicted molar refractivity (Wildman–Crippen MR) is 230 cm³/mol. The summed E-state index contributed by atoms with van der Waals surface area (Å²) in [7, 11) is 0. The maximum atomic E-state index is 14.9. The lowest BCUT2D eigenvalue weighted by atomic mass is 9.97. The number of carbonyl (C=O) groups excluding carboxylic acids is 2. The van der Waals surface area contributed by atoms with Crippen LogP contribution in [0.2, 0.25) is 0 Å². The number of anilines is 1. The Labute approximate surface area is 334 Å². The number of hydrogen-bond donors (Lipinski definition) is 0. The van der Waals surface area contributed by atoms with Gasteiger partial charge in [-0.05, 0) is 123 Å². The molecular weight excluding hydrogens is 713 g/mol. The van der Waals surface area contributed by atoms with Gasteiger partial charge in [-0.25, -0.2) is 4.90 Å². The number of fused-ring (bicyclic) bond motifs is 4. The molecule has 0 aliphatic carbocycles. The number of rotatable bonds is 6. The third kappa shape index (κ3) is 5.64. The van der Waals surface area contributed by atoms with Crippen LogP contribution in [-0.2, 0) is 0 Å². The fourth-order valence-corrected chi connectivity index (χ4v) is 8.20. The normalized spacial score (nSPS) is 12.1. The van der Waals surface area contributed by atoms with E-state index in [1.165, 1.54) is 4.90 Å². The molecular formula is C52H30N4O2. The smallest absolute Gasteiger partial charge is 0.268 e. The van der Waals surface area contributed by atoms with Gasteiger partial charge < -0.3 is 4.57 Å². The van der Waals surface area contributed by atoms with Crippen molar-refractivity contribution in [3.05, 3.63) is 204 Å². The van der Waals surface area contributed by atoms with E-state index in [0.29, 0.717) is 33.6 Å². The number of imide groups is 1. The number of aromatic nitrogens is 1. The summed E-state index contributed by atoms with van der Waals surface area (Å²) < 4.78 is 2.07. The maximum Gasteiger partial charge on any atom is 0.268 e. The Bertz CT molecular complexity index is 3070. The van der Waals surface area contributed by atoms with Crippen LogP contribution in [0, 0.1) is 22.7 Å². The van der Waals surface area contributed by atoms with Gasteiger partial charge in [-0.3, -0.25) is 9.59 Å². The molecule has 9 aromatic rings. The molecule has 0 saturated heterocycles. The topological polar surface area (TPSA) is 89.9 Å². The van der Waals surface area contributed by atoms with E-state index in [4.69, 9.17) is 0 Å². The molecule has 0 spiro atoms. The molecule has 1 aliphatic heterocycles. The quantitative estimate of drug-likeness (QED) is 0.159. The molecule has 6 heteroatoms. The molecule has 0 unspecified atom stereocenters. The first-order chi connectivity index (χ1) is 28.5. The van der Waals surface area contributed by atoms with Crippen LogP contribution in [0.3, 0.4) is 0 Å². The summed E-state index contributed by atoms with van der Waals surface area (Å²) in [6.45, 7) is 0. The Balaban J connectivity index is 1.17. The van der Waals surface area contributed by atoms with Gasteiger partial charge in [0.2, 0.25) is 0 Å². The fourth-order valence-electron chi connectivity index (χ4n) is 8.20. The first kappa shape index (κ1) is 34.2. The van der Waals surface area contributed by atoms with E-state index < -0.39 is 5.91 Å². The minimum Gasteiger partial charge on any atom is -0.308 e. The molecule has 1 aliphatic rings. The summed E-state index contributed by atoms with van der Waals surface area (Å²) in [5.74, 6) is -0.782. The molecule has 2 heterocycles. The number of nitriles is 2. The van der Waals surface area contributed by atoms with Crippen molar-refractivity contribution in [3.63, 3.8) is 0 Å². The number of amides is 2. The van der Waals surface area contributed by atoms with Crippen molar-refractivity contribution in [2.75, 3.05) is 4.90 Å². The van der Waals surface area contributed by atoms with E-state index in [1.807, 2.05) is 146 Å². The Hall–Kier alpha value is -8.32. The van der Waals surface area contributed by atoms with Crippen LogP contribution in [0.5, 0.6) is 0 Å². The van der Waals surface area contributed by atoms with Crippen molar-refractivity contribution in [2.24, 2.45) is 0 Å². The summed E-state index contributed by atoms with van der Waals surface area (Å²) in [6, 6.07) is 63.2. The molecule has 0 N–H and O–H groups in total. The number of benzene rings is 8. The third-order valence-electron chi connectivity index (χ3n) is 10.9. The monoisotopic (exact) mass is 742 g/mol. The predicted octanol–water partition coefficient (Wildman–Crippen LogP) is 12.0. The second-order valence-electron chi connectivity index (χ2n) is 14.3. The van der Waals surface area contributed by atoms with Gasteiger partial charge >= 0.3 is 0 Å². The van der Waals surface area contributed by atoms with Crippen LogP contribution < -0.4 is 4.90 Å². The van der Waals surface area contributed by atoms with Gasteiger partial charge in [0.1, 0.15) is 0 Å². The van der Waals surface area contributed by atoms with Gasteiger partial charge in [-0.15, -0.1) is 0 Å². The summed E-state index contributed by atoms with van der Waals surface area (Å²) in [5, 5.41) is 21.1. The third-order valence-corrected chi connectivity index (χ3v) is 10.9. The van der Waals surface area contributed by atoms with Gasteiger partial charge in [0, 0.05) is 10.8 Å². The van der Waals surface area contributed by atoms with E-state index in [-0.39, 0.29) is 5.91 Å². The molecule has 58 heavy (non-hydrogen) atoms. The molecule has 270 valence electrons. The van der Waals surface area contributed by atoms with Crippen LogP contribution in [0.1, 0.15) is 31.8 Å². The van der Waals surface area contributed by atoms with Crippen molar-refractivity contribution in [3.8, 4) is 62.3 Å². The molecule has 0 bridgehead atoms. The van der Waals surface area contributed by atoms with Crippen molar-refractivity contribution in [1.29, 1.82) is 10.5 Å². The van der Waals surface area contributed by atoms with Crippen molar-refractivity contribution in [2.45, 2.75) is 0 Å². The summed E-state index contributed by atoms with van der Waals surface area (Å²) in [5.41, 5.74) is 12.0. The van der Waals surface area contributed by atoms with E-state index in [2.05, 4.69) is 34.9 Å². The van der Waals surface area contributed by atoms with E-state index in [1.54, 1.807) is 18.2 Å². The van der Waals surface area contributed by atoms with Crippen molar-refractivity contribution < 1.29 is 9.59 Å². The lowest BCUT2D eigenvalue weighted by molar-refractivity contribution is 0.0926. The number of carbonyl (C=O) groups is 2. The highest BCUT2D eigenvalue weighted by molar-refractivity contribution is 6.36. The molecule has 10 rings (SSSR count). The molecule has 0 saturated carbocycles. The first-order valence-corrected chi connectivity index (χ1v) is 18.9. The number of hydrogen-bond acceptors (Lipinski definition) is 4. The van der Waals surface area contributed by atoms with Crippen LogP contribution in [0.15, 0.2) is 182 Å². The fraction of sp³-hybridized carbons (Fsp3) is 0. The highest BCUT2D eigenvalue weighted by Gasteiger charge is 2.39. The van der Waals surface area contributed by atoms with Gasteiger partial charge in [0.15, 0.2) is 0 Å². The Morgan fingerprint density at radius 1 is 0.397 bits per heavy atom. The SMILES string of the molecule is N#Cc1cccc(-c2ccc3c(c2)c2cc(-c4cccc(C#N)c4)ccc2n3-c2cccc3c2C(=O)N(c2cc(-c4ccccc4)cc(-c4ccccc4)c2)C3=O)c1. The zero-order valence-electron chi connectivity index (χ0n) is 30.9. The molecule has 8 aromatic carbocycles. The second kappa shape index (κ2) is 13.8. The van der Waals surface area contributed by atoms with E-state index >= 15 is 0 Å². The van der Waals surface area contributed by atoms with E-state index in [0.717, 1.165) is 66.3 Å². The van der Waals surface area contributed by atoms with Crippen LogP contribution in [0.4, 0.5) is 5.69 Å². The van der Waals surface area contributed by atoms with Gasteiger partial charge in [-0.2, -0.15) is 10.5 Å². The standard InChI is InChI=1S/C52H30N4O2/c53-31-33-10-7-16-37(24-33)39-20-22-47-45(29-39)46-30-40(38-17-8-11-34(25-38)32-54)21-23-48(46)56(47)49-19-9-18-44-50(49)52(58)55(51(44)57)43-27-41(35-12-3-1-4-13-35)26-42(28-43)36-14-5-2-6-15-36/h1-30H. The van der Waals surface area contributed by atoms with Crippen LogP contribution >= 0.6 is 0 Å². The maximum absolute atomic E-state index is 14.9. The van der Waals surface area contributed by atoms with Gasteiger partial charge in [0.05, 0.1) is 56.8 Å². The first-order valence-electron chi connectivity index (χ1n) is 18.9. The average molecular weight is 743 g/mol. The Morgan fingerprint density at radius 3 is 1.40 bits per heavy atom. The van der Waals surface area contributed by atoms with Gasteiger partial charge in [-0.1, -0.05) is 103 Å². The highest BCUT2D eigenvalue weighted by Crippen LogP contribution is 2.42. The molecule has 1 aromatic heterocycles. The number of nitrogens with zero attached hydrogens (tertiary/aromatic N) is 4. The highest BCUT2D eigenvalue weighted by atomic mass is 16.2. The molecule has 2 amide bonds. The largest absolute Gasteiger partial charge is 0.308 e. The Morgan fingerprint density at radius 2 is 0.879 bits per heavy atom. The van der Waals surface area contributed by atoms with Crippen molar-refractivity contribution in [1.82, 2.24) is 4.57 Å². The second-order valence-corrected chi connectivity index (χ2v) is 14.3. The lowest BCUT2D eigenvalue weighted by Gasteiger charge is -2.18.